The van der Waals surface area contributed by atoms with Crippen LogP contribution in [0.25, 0.3) is 11.0 Å². The van der Waals surface area contributed by atoms with E-state index >= 15 is 0 Å². The van der Waals surface area contributed by atoms with E-state index in [1.807, 2.05) is 68.9 Å². The molecule has 1 aromatic heterocycles. The number of nitrogens with one attached hydrogen (secondary N) is 2. The molecule has 1 saturated heterocycles. The molecule has 0 radical (unpaired) electrons. The molecule has 4 aromatic carbocycles. The smallest absolute Gasteiger partial charge is 0.407 e. The Morgan fingerprint density at radius 2 is 1.67 bits per heavy atom. The second kappa shape index (κ2) is 25.4. The topological polar surface area (TPSA) is 273 Å². The van der Waals surface area contributed by atoms with E-state index in [9.17, 15) is 44.2 Å². The lowest BCUT2D eigenvalue weighted by Crippen LogP contribution is -2.61. The van der Waals surface area contributed by atoms with Crippen LogP contribution in [0.2, 0.25) is 5.02 Å². The number of terminal acetylenes is 1. The molecule has 6 rings (SSSR count). The number of nitrogens with zero attached hydrogens (tertiary/aromatic N) is 1. The first kappa shape index (κ1) is 55.0. The van der Waals surface area contributed by atoms with Crippen LogP contribution >= 0.6 is 19.1 Å². The highest BCUT2D eigenvalue weighted by Gasteiger charge is 2.48. The van der Waals surface area contributed by atoms with Crippen LogP contribution in [-0.4, -0.2) is 119 Å². The zero-order chi connectivity index (χ0) is 52.1. The number of hydrogen-bond donors (Lipinski definition) is 7. The van der Waals surface area contributed by atoms with Crippen molar-refractivity contribution < 1.29 is 72.4 Å². The lowest BCUT2D eigenvalue weighted by Gasteiger charge is -2.38. The summed E-state index contributed by atoms with van der Waals surface area (Å²) in [6.45, 7) is 4.86. The van der Waals surface area contributed by atoms with Gasteiger partial charge in [0.15, 0.2) is 11.5 Å². The number of alkyl carbamates (subject to hydrolysis) is 1. The minimum atomic E-state index is -4.20. The van der Waals surface area contributed by atoms with Crippen molar-refractivity contribution in [2.45, 2.75) is 77.0 Å². The molecular weight excluding hydrogens is 977 g/mol. The van der Waals surface area contributed by atoms with E-state index in [0.29, 0.717) is 27.3 Å². The molecule has 1 fully saturated rings. The second-order valence-corrected chi connectivity index (χ2v) is 19.4. The maximum absolute atomic E-state index is 14.6. The Bertz CT molecular complexity index is 2820. The maximum Gasteiger partial charge on any atom is 0.407 e. The summed E-state index contributed by atoms with van der Waals surface area (Å²) >= 11 is 6.38. The van der Waals surface area contributed by atoms with Crippen molar-refractivity contribution in [1.82, 2.24) is 10.2 Å². The van der Waals surface area contributed by atoms with Gasteiger partial charge in [-0.25, -0.2) is 9.59 Å². The number of halogens is 1. The predicted molar refractivity (Wildman–Crippen MR) is 265 cm³/mol. The lowest BCUT2D eigenvalue weighted by atomic mass is 9.91. The molecular formula is C51H57ClN3O16P. The molecule has 19 nitrogen and oxygen atoms in total. The van der Waals surface area contributed by atoms with E-state index < -0.39 is 56.3 Å². The quantitative estimate of drug-likeness (QED) is 0.0225. The van der Waals surface area contributed by atoms with Gasteiger partial charge in [-0.3, -0.25) is 14.2 Å². The number of carbonyl (C=O) groups excluding carboxylic acids is 2. The van der Waals surface area contributed by atoms with E-state index in [0.717, 1.165) is 11.1 Å². The number of carboxylic acid groups (broad SMARTS) is 1. The van der Waals surface area contributed by atoms with Crippen LogP contribution in [0.3, 0.4) is 0 Å². The van der Waals surface area contributed by atoms with Gasteiger partial charge in [0, 0.05) is 47.4 Å². The Labute approximate surface area is 420 Å². The number of hydrogen-bond acceptors (Lipinski definition) is 15. The zero-order valence-electron chi connectivity index (χ0n) is 39.6. The fourth-order valence-electron chi connectivity index (χ4n) is 7.89. The SMILES string of the molecule is C#CP(=O)(Nc1cc(COC(=O)NCCCN(C(=O)c2ccc(C)cc2)[C@@H](c2oc3cc(Cl)ccc3c(=O)c2Cc2ccccc2)C(C)C)ccc1O[C@@H]1OC(C(=O)O)[C@@H](O)[C@H](O)C1O)OCCOCCO. The third-order valence-electron chi connectivity index (χ3n) is 11.5. The summed E-state index contributed by atoms with van der Waals surface area (Å²) < 4.78 is 47.3. The van der Waals surface area contributed by atoms with Gasteiger partial charge in [-0.2, -0.15) is 0 Å². The number of fused-ring (bicyclic) bond motifs is 1. The minimum absolute atomic E-state index is 0.0172. The van der Waals surface area contributed by atoms with E-state index in [-0.39, 0.29) is 98.8 Å². The molecule has 384 valence electrons. The molecule has 7 atom stereocenters. The average Bonchev–Trinajstić information content (AvgIpc) is 3.35. The number of amides is 2. The zero-order valence-corrected chi connectivity index (χ0v) is 41.3. The number of aliphatic hydroxyl groups excluding tert-OH is 4. The Balaban J connectivity index is 1.21. The standard InChI is InChI=1S/C51H57ClN3O16P/c1-5-72(65,68-25-24-66-23-22-56)54-38-27-33(14-19-39(38)70-50-45(60)43(58)44(59)47(71-50)49(62)63)29-67-51(64)53-20-9-21-55(48(61)34-15-12-31(4)13-16-34)41(30(2)3)46-37(26-32-10-7-6-8-11-32)42(57)36-18-17-35(52)28-40(36)69-46/h1,6-8,10-19,27-28,30,41,43-45,47,50,56,58-60H,9,20-26,29H2,2-4H3,(H,53,64)(H,54,65)(H,62,63)/t41-,43+,44+,45?,47?,50-,72?/m1/s1. The first-order chi connectivity index (χ1) is 34.4. The summed E-state index contributed by atoms with van der Waals surface area (Å²) in [5.74, 6) is -2.19. The van der Waals surface area contributed by atoms with Gasteiger partial charge in [0.05, 0.1) is 43.5 Å². The molecule has 2 heterocycles. The monoisotopic (exact) mass is 1030 g/mol. The van der Waals surface area contributed by atoms with Crippen molar-refractivity contribution in [3.8, 4) is 17.8 Å². The summed E-state index contributed by atoms with van der Waals surface area (Å²) in [5, 5.41) is 55.7. The van der Waals surface area contributed by atoms with Crippen LogP contribution in [0.1, 0.15) is 64.7 Å². The maximum atomic E-state index is 14.6. The van der Waals surface area contributed by atoms with Crippen molar-refractivity contribution in [2.75, 3.05) is 44.6 Å². The summed E-state index contributed by atoms with van der Waals surface area (Å²) in [6.07, 6.45) is -4.60. The lowest BCUT2D eigenvalue weighted by molar-refractivity contribution is -0.271. The fraction of sp³-hybridized carbons (Fsp3) is 0.373. The largest absolute Gasteiger partial charge is 0.479 e. The molecule has 1 aliphatic rings. The molecule has 0 bridgehead atoms. The highest BCUT2D eigenvalue weighted by atomic mass is 35.5. The van der Waals surface area contributed by atoms with Crippen LogP contribution < -0.4 is 20.6 Å². The summed E-state index contributed by atoms with van der Waals surface area (Å²) in [4.78, 5) is 55.6. The van der Waals surface area contributed by atoms with Gasteiger partial charge >= 0.3 is 19.6 Å². The Morgan fingerprint density at radius 3 is 2.35 bits per heavy atom. The first-order valence-electron chi connectivity index (χ1n) is 22.9. The normalized spacial score (nSPS) is 18.9. The number of benzene rings is 4. The fourth-order valence-corrected chi connectivity index (χ4v) is 9.07. The number of carboxylic acids is 1. The van der Waals surface area contributed by atoms with E-state index in [2.05, 4.69) is 10.4 Å². The molecule has 0 aliphatic carbocycles. The van der Waals surface area contributed by atoms with Crippen LogP contribution in [0, 0.1) is 24.9 Å². The summed E-state index contributed by atoms with van der Waals surface area (Å²) in [7, 11) is -4.20. The van der Waals surface area contributed by atoms with Crippen molar-refractivity contribution in [1.29, 1.82) is 0 Å². The first-order valence-corrected chi connectivity index (χ1v) is 24.9. The second-order valence-electron chi connectivity index (χ2n) is 17.1. The molecule has 2 amide bonds. The number of rotatable bonds is 23. The molecule has 72 heavy (non-hydrogen) atoms. The summed E-state index contributed by atoms with van der Waals surface area (Å²) in [6, 6.07) is 24.6. The van der Waals surface area contributed by atoms with Crippen LogP contribution in [0.15, 0.2) is 100 Å². The van der Waals surface area contributed by atoms with Gasteiger partial charge in [0.25, 0.3) is 5.91 Å². The minimum Gasteiger partial charge on any atom is -0.479 e. The van der Waals surface area contributed by atoms with Crippen LogP contribution in [0.4, 0.5) is 10.5 Å². The molecule has 0 saturated carbocycles. The van der Waals surface area contributed by atoms with E-state index in [1.165, 1.54) is 18.2 Å². The third-order valence-corrected chi connectivity index (χ3v) is 13.1. The van der Waals surface area contributed by atoms with Crippen molar-refractivity contribution in [3.05, 3.63) is 140 Å². The molecule has 1 aliphatic heterocycles. The van der Waals surface area contributed by atoms with E-state index in [1.54, 1.807) is 35.2 Å². The summed E-state index contributed by atoms with van der Waals surface area (Å²) in [5.41, 5.74) is 4.79. The van der Waals surface area contributed by atoms with Crippen molar-refractivity contribution in [3.63, 3.8) is 0 Å². The molecule has 21 heteroatoms. The highest BCUT2D eigenvalue weighted by Crippen LogP contribution is 2.48. The highest BCUT2D eigenvalue weighted by molar-refractivity contribution is 7.65. The predicted octanol–water partition coefficient (Wildman–Crippen LogP) is 5.99. The molecule has 0 spiro atoms. The third kappa shape index (κ3) is 14.0. The van der Waals surface area contributed by atoms with Crippen LogP contribution in [-0.2, 0) is 41.1 Å². The van der Waals surface area contributed by atoms with Gasteiger partial charge in [-0.1, -0.05) is 79.5 Å². The number of ether oxygens (including phenoxy) is 4. The van der Waals surface area contributed by atoms with Gasteiger partial charge in [0.1, 0.15) is 42.0 Å². The van der Waals surface area contributed by atoms with Crippen molar-refractivity contribution in [2.24, 2.45) is 5.92 Å². The van der Waals surface area contributed by atoms with Crippen LogP contribution in [0.5, 0.6) is 5.75 Å². The Hall–Kier alpha value is -6.30. The molecule has 3 unspecified atom stereocenters. The molecule has 7 N–H and O–H groups in total. The van der Waals surface area contributed by atoms with Crippen molar-refractivity contribution >= 4 is 53.7 Å². The Kier molecular flexibility index (Phi) is 19.4. The number of carbonyl (C=O) groups is 3. The average molecular weight is 1030 g/mol. The van der Waals surface area contributed by atoms with Gasteiger partial charge in [0.2, 0.25) is 6.29 Å². The Morgan fingerprint density at radius 1 is 0.931 bits per heavy atom. The van der Waals surface area contributed by atoms with E-state index in [4.69, 9.17) is 51.0 Å². The van der Waals surface area contributed by atoms with Gasteiger partial charge in [-0.05, 0) is 66.8 Å². The number of aliphatic hydroxyl groups is 4. The number of anilines is 1. The van der Waals surface area contributed by atoms with Gasteiger partial charge in [-0.15, -0.1) is 6.42 Å². The van der Waals surface area contributed by atoms with Gasteiger partial charge < -0.3 is 68.7 Å². The number of aliphatic carboxylic acids is 1. The number of aryl methyl sites for hydroxylation is 1. The molecule has 5 aromatic rings.